The Bertz CT molecular complexity index is 459. The molecule has 0 spiro atoms. The van der Waals surface area contributed by atoms with Crippen LogP contribution in [0.15, 0.2) is 30.3 Å². The maximum atomic E-state index is 12.3. The van der Waals surface area contributed by atoms with Gasteiger partial charge >= 0.3 is 0 Å². The van der Waals surface area contributed by atoms with E-state index in [9.17, 15) is 4.79 Å². The summed E-state index contributed by atoms with van der Waals surface area (Å²) in [4.78, 5) is 14.5. The van der Waals surface area contributed by atoms with Crippen molar-refractivity contribution in [3.05, 3.63) is 35.9 Å². The maximum Gasteiger partial charge on any atom is 0.224 e. The van der Waals surface area contributed by atoms with E-state index in [2.05, 4.69) is 41.5 Å². The first kappa shape index (κ1) is 13.6. The van der Waals surface area contributed by atoms with Gasteiger partial charge in [-0.25, -0.2) is 0 Å². The highest BCUT2D eigenvalue weighted by Gasteiger charge is 2.38. The highest BCUT2D eigenvalue weighted by molar-refractivity contribution is 5.80. The number of benzene rings is 1. The Kier molecular flexibility index (Phi) is 4.06. The number of amides is 1. The lowest BCUT2D eigenvalue weighted by Crippen LogP contribution is -2.55. The summed E-state index contributed by atoms with van der Waals surface area (Å²) >= 11 is 0. The average Bonchev–Trinajstić information content (AvgIpc) is 2.48. The monoisotopic (exact) mass is 272 g/mol. The summed E-state index contributed by atoms with van der Waals surface area (Å²) in [5, 5.41) is 3.22. The maximum absolute atomic E-state index is 12.3. The zero-order valence-electron chi connectivity index (χ0n) is 12.2. The van der Waals surface area contributed by atoms with E-state index in [0.29, 0.717) is 5.92 Å². The fourth-order valence-corrected chi connectivity index (χ4v) is 3.72. The van der Waals surface area contributed by atoms with Crippen LogP contribution in [0.4, 0.5) is 0 Å². The number of hydrogen-bond donors (Lipinski definition) is 1. The molecule has 108 valence electrons. The van der Waals surface area contributed by atoms with Crippen molar-refractivity contribution in [3.8, 4) is 0 Å². The largest absolute Gasteiger partial charge is 0.340 e. The number of rotatable bonds is 3. The lowest BCUT2D eigenvalue weighted by Gasteiger charge is -2.42. The van der Waals surface area contributed by atoms with Gasteiger partial charge in [0.1, 0.15) is 0 Å². The molecule has 3 unspecified atom stereocenters. The van der Waals surface area contributed by atoms with Crippen molar-refractivity contribution < 1.29 is 4.79 Å². The van der Waals surface area contributed by atoms with E-state index in [1.54, 1.807) is 0 Å². The molecule has 1 aromatic rings. The van der Waals surface area contributed by atoms with E-state index < -0.39 is 0 Å². The van der Waals surface area contributed by atoms with Crippen LogP contribution < -0.4 is 5.32 Å². The van der Waals surface area contributed by atoms with Gasteiger partial charge in [-0.05, 0) is 37.8 Å². The van der Waals surface area contributed by atoms with Crippen molar-refractivity contribution in [2.45, 2.75) is 44.8 Å². The molecule has 1 aromatic carbocycles. The Morgan fingerprint density at radius 2 is 1.95 bits per heavy atom. The van der Waals surface area contributed by atoms with Crippen molar-refractivity contribution in [1.82, 2.24) is 10.2 Å². The zero-order valence-corrected chi connectivity index (χ0v) is 12.2. The lowest BCUT2D eigenvalue weighted by atomic mass is 9.74. The molecule has 1 heterocycles. The highest BCUT2D eigenvalue weighted by Crippen LogP contribution is 2.36. The minimum absolute atomic E-state index is 0.196. The van der Waals surface area contributed by atoms with Crippen LogP contribution in [-0.4, -0.2) is 24.0 Å². The molecule has 2 fully saturated rings. The molecule has 3 nitrogen and oxygen atoms in total. The number of fused-ring (bicyclic) bond motifs is 1. The number of nitrogens with zero attached hydrogens (tertiary/aromatic N) is 1. The number of carbonyl (C=O) groups is 1. The summed E-state index contributed by atoms with van der Waals surface area (Å²) in [7, 11) is 2.11. The highest BCUT2D eigenvalue weighted by atomic mass is 16.2. The van der Waals surface area contributed by atoms with Crippen LogP contribution in [0.25, 0.3) is 0 Å². The summed E-state index contributed by atoms with van der Waals surface area (Å²) in [5.74, 6) is 1.16. The van der Waals surface area contributed by atoms with Crippen LogP contribution in [0.1, 0.15) is 37.7 Å². The molecule has 20 heavy (non-hydrogen) atoms. The van der Waals surface area contributed by atoms with Crippen molar-refractivity contribution in [2.24, 2.45) is 11.8 Å². The molecule has 0 aromatic heterocycles. The molecule has 0 radical (unpaired) electrons. The van der Waals surface area contributed by atoms with Gasteiger partial charge in [-0.15, -0.1) is 0 Å². The Labute approximate surface area is 121 Å². The van der Waals surface area contributed by atoms with Gasteiger partial charge < -0.3 is 5.32 Å². The number of nitrogens with one attached hydrogen (secondary N) is 1. The van der Waals surface area contributed by atoms with Crippen molar-refractivity contribution in [1.29, 1.82) is 0 Å². The Balaban J connectivity index is 1.63. The number of hydrogen-bond acceptors (Lipinski definition) is 2. The molecule has 1 N–H and O–H groups in total. The SMILES string of the molecule is CN(Cc1ccccc1)C1CC2CCCCC2C(=O)N1. The van der Waals surface area contributed by atoms with Crippen LogP contribution >= 0.6 is 0 Å². The van der Waals surface area contributed by atoms with Crippen molar-refractivity contribution in [2.75, 3.05) is 7.05 Å². The lowest BCUT2D eigenvalue weighted by molar-refractivity contribution is -0.134. The predicted octanol–water partition coefficient (Wildman–Crippen LogP) is 2.77. The first-order valence-corrected chi connectivity index (χ1v) is 7.78. The molecular weight excluding hydrogens is 248 g/mol. The second kappa shape index (κ2) is 5.96. The second-order valence-corrected chi connectivity index (χ2v) is 6.31. The smallest absolute Gasteiger partial charge is 0.224 e. The Hall–Kier alpha value is -1.35. The second-order valence-electron chi connectivity index (χ2n) is 6.31. The summed E-state index contributed by atoms with van der Waals surface area (Å²) in [6.07, 6.45) is 6.14. The fourth-order valence-electron chi connectivity index (χ4n) is 3.72. The minimum Gasteiger partial charge on any atom is -0.340 e. The van der Waals surface area contributed by atoms with E-state index in [0.717, 1.165) is 19.4 Å². The van der Waals surface area contributed by atoms with E-state index >= 15 is 0 Å². The van der Waals surface area contributed by atoms with Crippen LogP contribution in [-0.2, 0) is 11.3 Å². The third-order valence-corrected chi connectivity index (χ3v) is 4.89. The Morgan fingerprint density at radius 1 is 1.20 bits per heavy atom. The average molecular weight is 272 g/mol. The molecule has 1 saturated heterocycles. The first-order valence-electron chi connectivity index (χ1n) is 7.78. The third-order valence-electron chi connectivity index (χ3n) is 4.89. The standard InChI is InChI=1S/C17H24N2O/c1-19(12-13-7-3-2-4-8-13)16-11-14-9-5-6-10-15(14)17(20)18-16/h2-4,7-8,14-16H,5-6,9-12H2,1H3,(H,18,20). The normalized spacial score (nSPS) is 29.9. The molecule has 3 heteroatoms. The van der Waals surface area contributed by atoms with Gasteiger partial charge in [0.05, 0.1) is 6.17 Å². The summed E-state index contributed by atoms with van der Waals surface area (Å²) < 4.78 is 0. The third kappa shape index (κ3) is 2.88. The fraction of sp³-hybridized carbons (Fsp3) is 0.588. The molecule has 1 saturated carbocycles. The van der Waals surface area contributed by atoms with Crippen LogP contribution in [0, 0.1) is 11.8 Å². The molecule has 2 aliphatic rings. The molecule has 0 bridgehead atoms. The van der Waals surface area contributed by atoms with Gasteiger partial charge in [0.25, 0.3) is 0 Å². The summed E-state index contributed by atoms with van der Waals surface area (Å²) in [6.45, 7) is 0.892. The van der Waals surface area contributed by atoms with Gasteiger partial charge in [0.2, 0.25) is 5.91 Å². The van der Waals surface area contributed by atoms with Crippen LogP contribution in [0.3, 0.4) is 0 Å². The molecule has 1 aliphatic heterocycles. The predicted molar refractivity (Wildman–Crippen MR) is 79.9 cm³/mol. The van der Waals surface area contributed by atoms with Crippen molar-refractivity contribution in [3.63, 3.8) is 0 Å². The zero-order chi connectivity index (χ0) is 13.9. The van der Waals surface area contributed by atoms with E-state index in [1.165, 1.54) is 24.8 Å². The van der Waals surface area contributed by atoms with Gasteiger partial charge in [0.15, 0.2) is 0 Å². The minimum atomic E-state index is 0.196. The summed E-state index contributed by atoms with van der Waals surface area (Å²) in [6, 6.07) is 10.5. The van der Waals surface area contributed by atoms with E-state index in [1.807, 2.05) is 6.07 Å². The first-order chi connectivity index (χ1) is 9.74. The molecule has 3 atom stereocenters. The van der Waals surface area contributed by atoms with Crippen LogP contribution in [0.2, 0.25) is 0 Å². The van der Waals surface area contributed by atoms with Crippen LogP contribution in [0.5, 0.6) is 0 Å². The quantitative estimate of drug-likeness (QED) is 0.917. The van der Waals surface area contributed by atoms with E-state index in [-0.39, 0.29) is 18.0 Å². The summed E-state index contributed by atoms with van der Waals surface area (Å²) in [5.41, 5.74) is 1.30. The number of carbonyl (C=O) groups excluding carboxylic acids is 1. The van der Waals surface area contributed by atoms with Gasteiger partial charge in [0, 0.05) is 12.5 Å². The number of piperidine rings is 1. The molecule has 3 rings (SSSR count). The van der Waals surface area contributed by atoms with Gasteiger partial charge in [-0.1, -0.05) is 43.2 Å². The van der Waals surface area contributed by atoms with E-state index in [4.69, 9.17) is 0 Å². The Morgan fingerprint density at radius 3 is 2.75 bits per heavy atom. The topological polar surface area (TPSA) is 32.3 Å². The van der Waals surface area contributed by atoms with Crippen molar-refractivity contribution >= 4 is 5.91 Å². The molecule has 1 aliphatic carbocycles. The van der Waals surface area contributed by atoms with Gasteiger partial charge in [-0.3, -0.25) is 9.69 Å². The van der Waals surface area contributed by atoms with Gasteiger partial charge in [-0.2, -0.15) is 0 Å². The molecule has 1 amide bonds. The molecular formula is C17H24N2O.